The quantitative estimate of drug-likeness (QED) is 0.624. The fourth-order valence-electron chi connectivity index (χ4n) is 1.79. The van der Waals surface area contributed by atoms with Crippen molar-refractivity contribution >= 4 is 23.5 Å². The average Bonchev–Trinajstić information content (AvgIpc) is 3.12. The first-order valence-corrected chi connectivity index (χ1v) is 8.47. The molecule has 1 aromatic carbocycles. The highest BCUT2D eigenvalue weighted by Crippen LogP contribution is 2.23. The fraction of sp³-hybridized carbons (Fsp3) is 0.333. The van der Waals surface area contributed by atoms with Gasteiger partial charge in [-0.1, -0.05) is 47.8 Å². The molecule has 0 aliphatic rings. The normalized spacial score (nSPS) is 11.0. The molecule has 22 heavy (non-hydrogen) atoms. The molecule has 0 saturated carbocycles. The van der Waals surface area contributed by atoms with E-state index in [-0.39, 0.29) is 0 Å². The number of rotatable bonds is 6. The van der Waals surface area contributed by atoms with E-state index in [0.717, 1.165) is 21.8 Å². The maximum absolute atomic E-state index is 3.97. The van der Waals surface area contributed by atoms with Crippen LogP contribution in [0.5, 0.6) is 0 Å². The lowest BCUT2D eigenvalue weighted by atomic mass is 10.2. The highest BCUT2D eigenvalue weighted by Gasteiger charge is 2.06. The minimum atomic E-state index is 0.810. The van der Waals surface area contributed by atoms with Crippen LogP contribution in [0.15, 0.2) is 34.6 Å². The van der Waals surface area contributed by atoms with Crippen LogP contribution in [0.1, 0.15) is 11.1 Å². The zero-order chi connectivity index (χ0) is 15.4. The molecule has 8 nitrogen and oxygen atoms in total. The van der Waals surface area contributed by atoms with Gasteiger partial charge in [0.15, 0.2) is 0 Å². The lowest BCUT2D eigenvalue weighted by Crippen LogP contribution is -1.94. The van der Waals surface area contributed by atoms with Crippen LogP contribution in [-0.2, 0) is 25.6 Å². The second-order valence-corrected chi connectivity index (χ2v) is 6.45. The third-order valence-corrected chi connectivity index (χ3v) is 5.05. The third-order valence-electron chi connectivity index (χ3n) is 2.89. The first-order valence-electron chi connectivity index (χ1n) is 6.50. The SMILES string of the molecule is Cn1nnnc1SCc1cccc(CSc2nnnn2C)c1. The number of thioether (sulfide) groups is 2. The van der Waals surface area contributed by atoms with Crippen molar-refractivity contribution in [1.29, 1.82) is 0 Å². The van der Waals surface area contributed by atoms with Crippen molar-refractivity contribution in [2.75, 3.05) is 0 Å². The van der Waals surface area contributed by atoms with Crippen molar-refractivity contribution in [3.63, 3.8) is 0 Å². The molecule has 114 valence electrons. The summed E-state index contributed by atoms with van der Waals surface area (Å²) < 4.78 is 3.34. The van der Waals surface area contributed by atoms with Crippen LogP contribution >= 0.6 is 23.5 Å². The molecule has 0 amide bonds. The van der Waals surface area contributed by atoms with E-state index >= 15 is 0 Å². The molecular weight excluding hydrogens is 320 g/mol. The number of hydrogen-bond acceptors (Lipinski definition) is 8. The lowest BCUT2D eigenvalue weighted by Gasteiger charge is -2.04. The molecule has 0 N–H and O–H groups in total. The Morgan fingerprint density at radius 3 is 1.77 bits per heavy atom. The molecule has 0 spiro atoms. The molecule has 0 saturated heterocycles. The van der Waals surface area contributed by atoms with Gasteiger partial charge >= 0.3 is 0 Å². The maximum Gasteiger partial charge on any atom is 0.209 e. The molecule has 0 aliphatic carbocycles. The Morgan fingerprint density at radius 1 is 0.864 bits per heavy atom. The second kappa shape index (κ2) is 6.88. The topological polar surface area (TPSA) is 87.2 Å². The summed E-state index contributed by atoms with van der Waals surface area (Å²) in [6, 6.07) is 8.47. The Hall–Kier alpha value is -1.94. The molecule has 2 aromatic heterocycles. The van der Waals surface area contributed by atoms with Gasteiger partial charge in [0.2, 0.25) is 10.3 Å². The molecule has 0 radical (unpaired) electrons. The van der Waals surface area contributed by atoms with Gasteiger partial charge in [-0.05, 0) is 32.0 Å². The van der Waals surface area contributed by atoms with Crippen LogP contribution in [-0.4, -0.2) is 40.4 Å². The number of aryl methyl sites for hydroxylation is 2. The summed E-state index contributed by atoms with van der Waals surface area (Å²) in [7, 11) is 3.68. The van der Waals surface area contributed by atoms with E-state index in [1.165, 1.54) is 11.1 Å². The minimum Gasteiger partial charge on any atom is -0.224 e. The van der Waals surface area contributed by atoms with Gasteiger partial charge in [0.1, 0.15) is 0 Å². The Kier molecular flexibility index (Phi) is 4.68. The molecule has 0 fully saturated rings. The molecule has 0 aliphatic heterocycles. The average molecular weight is 334 g/mol. The summed E-state index contributed by atoms with van der Waals surface area (Å²) >= 11 is 3.23. The standard InChI is InChI=1S/C12H14N8S2/c1-19-11(13-15-17-19)21-7-9-4-3-5-10(6-9)8-22-12-14-16-18-20(12)2/h3-6H,7-8H2,1-2H3. The van der Waals surface area contributed by atoms with E-state index in [2.05, 4.69) is 55.3 Å². The van der Waals surface area contributed by atoms with Crippen LogP contribution in [0.4, 0.5) is 0 Å². The van der Waals surface area contributed by atoms with Crippen LogP contribution in [0, 0.1) is 0 Å². The Labute approximate surface area is 135 Å². The molecule has 2 heterocycles. The Balaban J connectivity index is 1.60. The molecule has 0 unspecified atom stereocenters. The summed E-state index contributed by atoms with van der Waals surface area (Å²) in [6.07, 6.45) is 0. The van der Waals surface area contributed by atoms with Crippen LogP contribution in [0.2, 0.25) is 0 Å². The van der Waals surface area contributed by atoms with Crippen molar-refractivity contribution in [1.82, 2.24) is 40.4 Å². The zero-order valence-corrected chi connectivity index (χ0v) is 13.8. The van der Waals surface area contributed by atoms with Gasteiger partial charge < -0.3 is 0 Å². The van der Waals surface area contributed by atoms with Gasteiger partial charge in [-0.2, -0.15) is 0 Å². The number of benzene rings is 1. The summed E-state index contributed by atoms with van der Waals surface area (Å²) in [5.41, 5.74) is 2.48. The first kappa shape index (κ1) is 15.0. The van der Waals surface area contributed by atoms with Crippen LogP contribution < -0.4 is 0 Å². The monoisotopic (exact) mass is 334 g/mol. The zero-order valence-electron chi connectivity index (χ0n) is 12.1. The number of nitrogens with zero attached hydrogens (tertiary/aromatic N) is 8. The van der Waals surface area contributed by atoms with Crippen molar-refractivity contribution in [3.8, 4) is 0 Å². The molecule has 3 aromatic rings. The molecule has 3 rings (SSSR count). The van der Waals surface area contributed by atoms with Crippen LogP contribution in [0.3, 0.4) is 0 Å². The van der Waals surface area contributed by atoms with E-state index in [4.69, 9.17) is 0 Å². The molecule has 10 heteroatoms. The van der Waals surface area contributed by atoms with E-state index in [1.807, 2.05) is 14.1 Å². The number of hydrogen-bond donors (Lipinski definition) is 0. The molecular formula is C12H14N8S2. The van der Waals surface area contributed by atoms with Crippen molar-refractivity contribution in [2.45, 2.75) is 21.8 Å². The Morgan fingerprint density at radius 2 is 1.36 bits per heavy atom. The van der Waals surface area contributed by atoms with Crippen molar-refractivity contribution < 1.29 is 0 Å². The van der Waals surface area contributed by atoms with E-state index in [1.54, 1.807) is 32.9 Å². The number of aromatic nitrogens is 8. The molecule has 0 atom stereocenters. The smallest absolute Gasteiger partial charge is 0.209 e. The summed E-state index contributed by atoms with van der Waals surface area (Å²) in [6.45, 7) is 0. The lowest BCUT2D eigenvalue weighted by molar-refractivity contribution is 0.664. The van der Waals surface area contributed by atoms with E-state index in [0.29, 0.717) is 0 Å². The van der Waals surface area contributed by atoms with Gasteiger partial charge in [0.05, 0.1) is 0 Å². The van der Waals surface area contributed by atoms with Gasteiger partial charge in [-0.15, -0.1) is 10.2 Å². The van der Waals surface area contributed by atoms with Crippen molar-refractivity contribution in [2.24, 2.45) is 14.1 Å². The van der Waals surface area contributed by atoms with Gasteiger partial charge in [0.25, 0.3) is 0 Å². The van der Waals surface area contributed by atoms with Crippen molar-refractivity contribution in [3.05, 3.63) is 35.4 Å². The van der Waals surface area contributed by atoms with Gasteiger partial charge in [-0.3, -0.25) is 0 Å². The summed E-state index contributed by atoms with van der Waals surface area (Å²) in [4.78, 5) is 0. The largest absolute Gasteiger partial charge is 0.224 e. The number of tetrazole rings is 2. The summed E-state index contributed by atoms with van der Waals surface area (Å²) in [5.74, 6) is 1.66. The fourth-order valence-corrected chi connectivity index (χ4v) is 3.38. The predicted octanol–water partition coefficient (Wildman–Crippen LogP) is 1.32. The molecule has 0 bridgehead atoms. The Bertz CT molecular complexity index is 693. The summed E-state index contributed by atoms with van der Waals surface area (Å²) in [5, 5.41) is 24.5. The van der Waals surface area contributed by atoms with E-state index < -0.39 is 0 Å². The maximum atomic E-state index is 3.97. The third kappa shape index (κ3) is 3.63. The first-order chi connectivity index (χ1) is 10.7. The van der Waals surface area contributed by atoms with E-state index in [9.17, 15) is 0 Å². The highest BCUT2D eigenvalue weighted by atomic mass is 32.2. The minimum absolute atomic E-state index is 0.810. The highest BCUT2D eigenvalue weighted by molar-refractivity contribution is 7.98. The second-order valence-electron chi connectivity index (χ2n) is 4.57. The van der Waals surface area contributed by atoms with Gasteiger partial charge in [-0.25, -0.2) is 9.36 Å². The predicted molar refractivity (Wildman–Crippen MR) is 83.2 cm³/mol. The van der Waals surface area contributed by atoms with Gasteiger partial charge in [0, 0.05) is 25.6 Å². The van der Waals surface area contributed by atoms with Crippen LogP contribution in [0.25, 0.3) is 0 Å².